The van der Waals surface area contributed by atoms with Gasteiger partial charge in [-0.1, -0.05) is 6.07 Å². The second kappa shape index (κ2) is 5.81. The lowest BCUT2D eigenvalue weighted by atomic mass is 9.94. The Morgan fingerprint density at radius 2 is 2.25 bits per heavy atom. The smallest absolute Gasteiger partial charge is 0.126 e. The third-order valence-corrected chi connectivity index (χ3v) is 4.84. The molecule has 2 atom stereocenters. The van der Waals surface area contributed by atoms with Gasteiger partial charge in [0.05, 0.1) is 12.2 Å². The van der Waals surface area contributed by atoms with Crippen molar-refractivity contribution in [3.05, 3.63) is 41.7 Å². The fourth-order valence-corrected chi connectivity index (χ4v) is 3.27. The van der Waals surface area contributed by atoms with Gasteiger partial charge in [0.15, 0.2) is 0 Å². The summed E-state index contributed by atoms with van der Waals surface area (Å²) in [5, 5.41) is 4.21. The van der Waals surface area contributed by atoms with Crippen LogP contribution in [0.2, 0.25) is 0 Å². The van der Waals surface area contributed by atoms with Crippen molar-refractivity contribution in [3.8, 4) is 11.5 Å². The monoisotopic (exact) mass is 327 g/mol. The number of rotatable bonds is 5. The summed E-state index contributed by atoms with van der Waals surface area (Å²) in [6, 6.07) is 6.75. The van der Waals surface area contributed by atoms with Crippen LogP contribution < -0.4 is 9.47 Å². The van der Waals surface area contributed by atoms with Crippen molar-refractivity contribution in [1.82, 2.24) is 14.7 Å². The molecule has 2 aromatic rings. The Balaban J connectivity index is 1.31. The Labute approximate surface area is 143 Å². The molecule has 5 heteroatoms. The number of ether oxygens (including phenoxy) is 2. The molecule has 5 nitrogen and oxygen atoms in total. The predicted octanol–water partition coefficient (Wildman–Crippen LogP) is 2.79. The highest BCUT2D eigenvalue weighted by Crippen LogP contribution is 2.35. The molecule has 0 amide bonds. The van der Waals surface area contributed by atoms with E-state index < -0.39 is 0 Å². The van der Waals surface area contributed by atoms with E-state index in [9.17, 15) is 0 Å². The summed E-state index contributed by atoms with van der Waals surface area (Å²) in [5.74, 6) is 1.88. The lowest BCUT2D eigenvalue weighted by Gasteiger charge is -2.32. The van der Waals surface area contributed by atoms with Crippen LogP contribution in [-0.2, 0) is 20.0 Å². The SMILES string of the molecule is Cn1cc(CN2CC2COc2ccc3c(c2)OC(C)(C)CC3)cn1. The fourth-order valence-electron chi connectivity index (χ4n) is 3.27. The van der Waals surface area contributed by atoms with Gasteiger partial charge in [-0.15, -0.1) is 0 Å². The summed E-state index contributed by atoms with van der Waals surface area (Å²) in [5.41, 5.74) is 2.46. The van der Waals surface area contributed by atoms with Crippen LogP contribution in [0, 0.1) is 0 Å². The van der Waals surface area contributed by atoms with E-state index in [4.69, 9.17) is 9.47 Å². The summed E-state index contributed by atoms with van der Waals surface area (Å²) in [4.78, 5) is 2.40. The third kappa shape index (κ3) is 3.41. The van der Waals surface area contributed by atoms with Gasteiger partial charge in [-0.25, -0.2) is 0 Å². The highest BCUT2D eigenvalue weighted by atomic mass is 16.5. The fraction of sp³-hybridized carbons (Fsp3) is 0.526. The zero-order valence-corrected chi connectivity index (χ0v) is 14.7. The van der Waals surface area contributed by atoms with E-state index in [1.165, 1.54) is 11.1 Å². The second-order valence-electron chi connectivity index (χ2n) is 7.55. The quantitative estimate of drug-likeness (QED) is 0.792. The maximum atomic E-state index is 6.09. The van der Waals surface area contributed by atoms with Crippen molar-refractivity contribution >= 4 is 0 Å². The van der Waals surface area contributed by atoms with Crippen LogP contribution in [0.15, 0.2) is 30.6 Å². The minimum Gasteiger partial charge on any atom is -0.492 e. The first-order valence-electron chi connectivity index (χ1n) is 8.65. The molecule has 0 N–H and O–H groups in total. The molecule has 2 aliphatic heterocycles. The van der Waals surface area contributed by atoms with Crippen LogP contribution in [0.4, 0.5) is 0 Å². The maximum Gasteiger partial charge on any atom is 0.126 e. The molecule has 3 heterocycles. The molecule has 0 aliphatic carbocycles. The molecule has 0 bridgehead atoms. The average Bonchev–Trinajstić information content (AvgIpc) is 3.14. The maximum absolute atomic E-state index is 6.09. The van der Waals surface area contributed by atoms with Crippen LogP contribution in [0.5, 0.6) is 11.5 Å². The number of aromatic nitrogens is 2. The van der Waals surface area contributed by atoms with E-state index in [0.29, 0.717) is 6.04 Å². The Kier molecular flexibility index (Phi) is 3.76. The zero-order chi connectivity index (χ0) is 16.7. The van der Waals surface area contributed by atoms with Crippen LogP contribution in [0.1, 0.15) is 31.4 Å². The van der Waals surface area contributed by atoms with Crippen molar-refractivity contribution in [2.75, 3.05) is 13.2 Å². The van der Waals surface area contributed by atoms with Crippen LogP contribution in [0.25, 0.3) is 0 Å². The Morgan fingerprint density at radius 1 is 1.38 bits per heavy atom. The van der Waals surface area contributed by atoms with Crippen molar-refractivity contribution in [3.63, 3.8) is 0 Å². The van der Waals surface area contributed by atoms with Crippen LogP contribution >= 0.6 is 0 Å². The molecule has 4 rings (SSSR count). The summed E-state index contributed by atoms with van der Waals surface area (Å²) in [6.45, 7) is 7.04. The topological polar surface area (TPSA) is 39.3 Å². The predicted molar refractivity (Wildman–Crippen MR) is 92.4 cm³/mol. The first kappa shape index (κ1) is 15.5. The first-order valence-corrected chi connectivity index (χ1v) is 8.65. The Morgan fingerprint density at radius 3 is 3.04 bits per heavy atom. The number of hydrogen-bond donors (Lipinski definition) is 0. The molecule has 0 saturated carbocycles. The molecule has 24 heavy (non-hydrogen) atoms. The molecule has 2 aliphatic rings. The number of hydrogen-bond acceptors (Lipinski definition) is 4. The van der Waals surface area contributed by atoms with Gasteiger partial charge in [0.1, 0.15) is 23.7 Å². The minimum atomic E-state index is -0.0807. The zero-order valence-electron chi connectivity index (χ0n) is 14.7. The van der Waals surface area contributed by atoms with E-state index >= 15 is 0 Å². The number of nitrogens with zero attached hydrogens (tertiary/aromatic N) is 3. The van der Waals surface area contributed by atoms with Crippen LogP contribution in [0.3, 0.4) is 0 Å². The number of benzene rings is 1. The third-order valence-electron chi connectivity index (χ3n) is 4.84. The van der Waals surface area contributed by atoms with Gasteiger partial charge in [-0.2, -0.15) is 5.10 Å². The largest absolute Gasteiger partial charge is 0.492 e. The molecule has 0 spiro atoms. The van der Waals surface area contributed by atoms with Gasteiger partial charge in [-0.05, 0) is 38.3 Å². The molecular weight excluding hydrogens is 302 g/mol. The standard InChI is InChI=1S/C19H25N3O2/c1-19(2)7-6-15-4-5-17(8-18(15)24-19)23-13-16-12-22(16)11-14-9-20-21(3)10-14/h4-5,8-10,16H,6-7,11-13H2,1-3H3. The summed E-state index contributed by atoms with van der Waals surface area (Å²) in [6.07, 6.45) is 6.13. The molecule has 0 radical (unpaired) electrons. The highest BCUT2D eigenvalue weighted by molar-refractivity contribution is 5.42. The molecular formula is C19H25N3O2. The van der Waals surface area contributed by atoms with Crippen molar-refractivity contribution < 1.29 is 9.47 Å². The number of fused-ring (bicyclic) bond motifs is 1. The Hall–Kier alpha value is -2.01. The molecule has 1 aromatic carbocycles. The summed E-state index contributed by atoms with van der Waals surface area (Å²) >= 11 is 0. The van der Waals surface area contributed by atoms with E-state index in [2.05, 4.69) is 42.2 Å². The summed E-state index contributed by atoms with van der Waals surface area (Å²) in [7, 11) is 1.95. The molecule has 1 aromatic heterocycles. The van der Waals surface area contributed by atoms with Crippen molar-refractivity contribution in [2.24, 2.45) is 7.05 Å². The lowest BCUT2D eigenvalue weighted by Crippen LogP contribution is -2.32. The normalized spacial score (nSPS) is 24.1. The van der Waals surface area contributed by atoms with Gasteiger partial charge in [0.25, 0.3) is 0 Å². The van der Waals surface area contributed by atoms with E-state index in [-0.39, 0.29) is 5.60 Å². The second-order valence-corrected chi connectivity index (χ2v) is 7.55. The number of aryl methyl sites for hydroxylation is 2. The first-order chi connectivity index (χ1) is 11.5. The minimum absolute atomic E-state index is 0.0807. The van der Waals surface area contributed by atoms with Gasteiger partial charge >= 0.3 is 0 Å². The van der Waals surface area contributed by atoms with Crippen molar-refractivity contribution in [1.29, 1.82) is 0 Å². The van der Waals surface area contributed by atoms with Crippen LogP contribution in [-0.4, -0.2) is 39.5 Å². The van der Waals surface area contributed by atoms with E-state index in [1.54, 1.807) is 0 Å². The van der Waals surface area contributed by atoms with Gasteiger partial charge in [0, 0.05) is 38.0 Å². The van der Waals surface area contributed by atoms with E-state index in [0.717, 1.165) is 44.0 Å². The van der Waals surface area contributed by atoms with E-state index in [1.807, 2.05) is 24.0 Å². The molecule has 1 saturated heterocycles. The Bertz CT molecular complexity index is 738. The van der Waals surface area contributed by atoms with Gasteiger partial charge < -0.3 is 9.47 Å². The van der Waals surface area contributed by atoms with Crippen molar-refractivity contribution in [2.45, 2.75) is 44.9 Å². The van der Waals surface area contributed by atoms with Gasteiger partial charge in [-0.3, -0.25) is 9.58 Å². The van der Waals surface area contributed by atoms with Gasteiger partial charge in [0.2, 0.25) is 0 Å². The average molecular weight is 327 g/mol. The molecule has 1 fully saturated rings. The summed E-state index contributed by atoms with van der Waals surface area (Å²) < 4.78 is 13.9. The molecule has 2 unspecified atom stereocenters. The molecule has 128 valence electrons. The highest BCUT2D eigenvalue weighted by Gasteiger charge is 2.34. The lowest BCUT2D eigenvalue weighted by molar-refractivity contribution is 0.0842.